The number of rotatable bonds is 3. The molecule has 1 fully saturated rings. The first kappa shape index (κ1) is 13.5. The maximum atomic E-state index is 12.3. The molecule has 1 aliphatic rings. The summed E-state index contributed by atoms with van der Waals surface area (Å²) in [6, 6.07) is 4.28. The molecule has 5 nitrogen and oxygen atoms in total. The second-order valence-corrected chi connectivity index (χ2v) is 4.73. The predicted molar refractivity (Wildman–Crippen MR) is 68.0 cm³/mol. The highest BCUT2D eigenvalue weighted by molar-refractivity contribution is 6.02. The van der Waals surface area contributed by atoms with E-state index in [9.17, 15) is 18.4 Å². The van der Waals surface area contributed by atoms with Crippen LogP contribution in [0.25, 0.3) is 11.0 Å². The Kier molecular flexibility index (Phi) is 3.32. The summed E-state index contributed by atoms with van der Waals surface area (Å²) in [4.78, 5) is 23.1. The fourth-order valence-electron chi connectivity index (χ4n) is 2.46. The molecule has 0 aliphatic carbocycles. The highest BCUT2D eigenvalue weighted by Gasteiger charge is 2.30. The first-order valence-electron chi connectivity index (χ1n) is 6.34. The number of hydrogen-bond donors (Lipinski definition) is 1. The van der Waals surface area contributed by atoms with Crippen LogP contribution in [0.4, 0.5) is 8.78 Å². The normalized spacial score (nSPS) is 19.1. The molecule has 1 atom stereocenters. The van der Waals surface area contributed by atoms with E-state index in [0.29, 0.717) is 23.0 Å². The molecule has 1 aromatic heterocycles. The van der Waals surface area contributed by atoms with Crippen LogP contribution in [-0.2, 0) is 9.59 Å². The van der Waals surface area contributed by atoms with E-state index in [1.165, 1.54) is 24.5 Å². The quantitative estimate of drug-likeness (QED) is 0.884. The Bertz CT molecular complexity index is 710. The summed E-state index contributed by atoms with van der Waals surface area (Å²) < 4.78 is 34.2. The molecule has 7 heteroatoms. The van der Waals surface area contributed by atoms with Gasteiger partial charge in [-0.2, -0.15) is 8.78 Å². The topological polar surface area (TPSA) is 68.5 Å². The van der Waals surface area contributed by atoms with Crippen molar-refractivity contribution in [2.24, 2.45) is 0 Å². The number of benzene rings is 1. The average Bonchev–Trinajstić information content (AvgIpc) is 2.81. The molecule has 110 valence electrons. The number of halogens is 2. The van der Waals surface area contributed by atoms with Crippen molar-refractivity contribution in [3.05, 3.63) is 30.0 Å². The van der Waals surface area contributed by atoms with Crippen LogP contribution >= 0.6 is 0 Å². The van der Waals surface area contributed by atoms with Crippen molar-refractivity contribution in [2.45, 2.75) is 25.4 Å². The SMILES string of the molecule is O=C1CCC(c2coc3ccc(OC(F)F)cc23)C(=O)N1. The van der Waals surface area contributed by atoms with E-state index in [4.69, 9.17) is 4.42 Å². The van der Waals surface area contributed by atoms with Gasteiger partial charge in [0.25, 0.3) is 0 Å². The number of carbonyl (C=O) groups is 2. The van der Waals surface area contributed by atoms with Crippen molar-refractivity contribution in [2.75, 3.05) is 0 Å². The summed E-state index contributed by atoms with van der Waals surface area (Å²) in [6.07, 6.45) is 2.01. The molecule has 1 aromatic carbocycles. The fourth-order valence-corrected chi connectivity index (χ4v) is 2.46. The molecule has 1 saturated heterocycles. The lowest BCUT2D eigenvalue weighted by Crippen LogP contribution is -2.39. The minimum absolute atomic E-state index is 0.00700. The smallest absolute Gasteiger partial charge is 0.387 e. The molecule has 1 aliphatic heterocycles. The van der Waals surface area contributed by atoms with E-state index in [2.05, 4.69) is 10.1 Å². The Morgan fingerprint density at radius 3 is 2.86 bits per heavy atom. The van der Waals surface area contributed by atoms with Crippen molar-refractivity contribution < 1.29 is 27.5 Å². The minimum Gasteiger partial charge on any atom is -0.464 e. The lowest BCUT2D eigenvalue weighted by Gasteiger charge is -2.19. The van der Waals surface area contributed by atoms with Gasteiger partial charge in [0.1, 0.15) is 11.3 Å². The van der Waals surface area contributed by atoms with Crippen LogP contribution < -0.4 is 10.1 Å². The van der Waals surface area contributed by atoms with E-state index in [1.807, 2.05) is 0 Å². The van der Waals surface area contributed by atoms with Crippen LogP contribution in [-0.4, -0.2) is 18.4 Å². The number of amides is 2. The second-order valence-electron chi connectivity index (χ2n) is 4.73. The van der Waals surface area contributed by atoms with Crippen LogP contribution in [0.1, 0.15) is 24.3 Å². The van der Waals surface area contributed by atoms with E-state index < -0.39 is 18.4 Å². The highest BCUT2D eigenvalue weighted by atomic mass is 19.3. The van der Waals surface area contributed by atoms with Crippen LogP contribution in [0.5, 0.6) is 5.75 Å². The number of hydrogen-bond acceptors (Lipinski definition) is 4. The number of piperidine rings is 1. The van der Waals surface area contributed by atoms with Gasteiger partial charge in [0.05, 0.1) is 12.2 Å². The zero-order valence-corrected chi connectivity index (χ0v) is 10.8. The van der Waals surface area contributed by atoms with Crippen molar-refractivity contribution in [3.63, 3.8) is 0 Å². The number of nitrogens with one attached hydrogen (secondary N) is 1. The maximum absolute atomic E-state index is 12.3. The Morgan fingerprint density at radius 2 is 2.14 bits per heavy atom. The second kappa shape index (κ2) is 5.16. The molecule has 1 N–H and O–H groups in total. The molecular formula is C14H11F2NO4. The van der Waals surface area contributed by atoms with Gasteiger partial charge in [-0.25, -0.2) is 0 Å². The fraction of sp³-hybridized carbons (Fsp3) is 0.286. The molecule has 0 spiro atoms. The highest BCUT2D eigenvalue weighted by Crippen LogP contribution is 2.34. The third-order valence-corrected chi connectivity index (χ3v) is 3.41. The first-order valence-corrected chi connectivity index (χ1v) is 6.34. The Morgan fingerprint density at radius 1 is 1.33 bits per heavy atom. The van der Waals surface area contributed by atoms with E-state index in [0.717, 1.165) is 0 Å². The molecule has 3 rings (SSSR count). The summed E-state index contributed by atoms with van der Waals surface area (Å²) in [5.74, 6) is -1.27. The molecule has 2 amide bonds. The molecular weight excluding hydrogens is 284 g/mol. The average molecular weight is 295 g/mol. The van der Waals surface area contributed by atoms with Gasteiger partial charge < -0.3 is 9.15 Å². The van der Waals surface area contributed by atoms with Gasteiger partial charge in [-0.3, -0.25) is 14.9 Å². The summed E-state index contributed by atoms with van der Waals surface area (Å²) >= 11 is 0. The maximum Gasteiger partial charge on any atom is 0.387 e. The number of imide groups is 1. The van der Waals surface area contributed by atoms with Crippen LogP contribution in [0.3, 0.4) is 0 Å². The molecule has 1 unspecified atom stereocenters. The van der Waals surface area contributed by atoms with Crippen LogP contribution in [0, 0.1) is 0 Å². The van der Waals surface area contributed by atoms with Crippen molar-refractivity contribution in [1.29, 1.82) is 0 Å². The molecule has 0 radical (unpaired) electrons. The molecule has 2 aromatic rings. The summed E-state index contributed by atoms with van der Waals surface area (Å²) in [6.45, 7) is -2.92. The number of ether oxygens (including phenoxy) is 1. The molecule has 0 bridgehead atoms. The summed E-state index contributed by atoms with van der Waals surface area (Å²) in [7, 11) is 0. The van der Waals surface area contributed by atoms with E-state index in [-0.39, 0.29) is 18.1 Å². The van der Waals surface area contributed by atoms with Crippen molar-refractivity contribution in [1.82, 2.24) is 5.32 Å². The molecule has 0 saturated carbocycles. The Hall–Kier alpha value is -2.44. The Labute approximate surface area is 117 Å². The van der Waals surface area contributed by atoms with Gasteiger partial charge >= 0.3 is 6.61 Å². The predicted octanol–water partition coefficient (Wildman–Crippen LogP) is 2.55. The number of alkyl halides is 2. The van der Waals surface area contributed by atoms with Gasteiger partial charge in [0.2, 0.25) is 11.8 Å². The van der Waals surface area contributed by atoms with E-state index >= 15 is 0 Å². The van der Waals surface area contributed by atoms with Crippen molar-refractivity contribution in [3.8, 4) is 5.75 Å². The number of furan rings is 1. The summed E-state index contributed by atoms with van der Waals surface area (Å²) in [5.41, 5.74) is 1.03. The minimum atomic E-state index is -2.92. The molecule has 21 heavy (non-hydrogen) atoms. The monoisotopic (exact) mass is 295 g/mol. The summed E-state index contributed by atoms with van der Waals surface area (Å²) in [5, 5.41) is 2.79. The first-order chi connectivity index (χ1) is 10.0. The third kappa shape index (κ3) is 2.58. The van der Waals surface area contributed by atoms with Gasteiger partial charge in [-0.1, -0.05) is 0 Å². The third-order valence-electron chi connectivity index (χ3n) is 3.41. The van der Waals surface area contributed by atoms with Gasteiger partial charge in [0.15, 0.2) is 0 Å². The number of fused-ring (bicyclic) bond motifs is 1. The zero-order valence-electron chi connectivity index (χ0n) is 10.8. The van der Waals surface area contributed by atoms with Crippen LogP contribution in [0.15, 0.2) is 28.9 Å². The standard InChI is InChI=1S/C14H11F2NO4/c15-14(16)21-7-1-3-11-9(5-7)10(6-20-11)8-2-4-12(18)17-13(8)19/h1,3,5-6,8,14H,2,4H2,(H,17,18,19). The Balaban J connectivity index is 1.98. The van der Waals surface area contributed by atoms with Crippen molar-refractivity contribution >= 4 is 22.8 Å². The van der Waals surface area contributed by atoms with Gasteiger partial charge in [0, 0.05) is 17.4 Å². The number of carbonyl (C=O) groups excluding carboxylic acids is 2. The largest absolute Gasteiger partial charge is 0.464 e. The van der Waals surface area contributed by atoms with Gasteiger partial charge in [-0.05, 0) is 24.6 Å². The van der Waals surface area contributed by atoms with E-state index in [1.54, 1.807) is 0 Å². The lowest BCUT2D eigenvalue weighted by atomic mass is 9.90. The van der Waals surface area contributed by atoms with Gasteiger partial charge in [-0.15, -0.1) is 0 Å². The lowest BCUT2D eigenvalue weighted by molar-refractivity contribution is -0.134. The van der Waals surface area contributed by atoms with Crippen LogP contribution in [0.2, 0.25) is 0 Å². The molecule has 2 heterocycles. The zero-order chi connectivity index (χ0) is 15.0.